The minimum Gasteiger partial charge on any atom is -0.378 e. The summed E-state index contributed by atoms with van der Waals surface area (Å²) in [5.74, 6) is 0.757. The molecule has 2 aromatic rings. The summed E-state index contributed by atoms with van der Waals surface area (Å²) in [6.45, 7) is 5.46. The first-order valence-corrected chi connectivity index (χ1v) is 7.72. The molecule has 3 rings (SSSR count). The van der Waals surface area contributed by atoms with Crippen molar-refractivity contribution in [1.82, 2.24) is 15.3 Å². The molecule has 1 saturated heterocycles. The van der Waals surface area contributed by atoms with Crippen molar-refractivity contribution in [2.75, 3.05) is 31.2 Å². The van der Waals surface area contributed by atoms with Gasteiger partial charge in [-0.25, -0.2) is 9.97 Å². The summed E-state index contributed by atoms with van der Waals surface area (Å²) >= 11 is 0. The first-order chi connectivity index (χ1) is 11.2. The van der Waals surface area contributed by atoms with Crippen LogP contribution in [0.25, 0.3) is 0 Å². The Morgan fingerprint density at radius 2 is 2.13 bits per heavy atom. The third-order valence-electron chi connectivity index (χ3n) is 3.72. The lowest BCUT2D eigenvalue weighted by Gasteiger charge is -2.28. The Morgan fingerprint density at radius 1 is 1.30 bits per heavy atom. The van der Waals surface area contributed by atoms with E-state index < -0.39 is 0 Å². The molecule has 0 radical (unpaired) electrons. The van der Waals surface area contributed by atoms with E-state index in [1.165, 1.54) is 0 Å². The van der Waals surface area contributed by atoms with Gasteiger partial charge in [-0.15, -0.1) is 0 Å². The number of nitrogens with one attached hydrogen (secondary N) is 1. The second kappa shape index (κ2) is 7.19. The third kappa shape index (κ3) is 4.04. The van der Waals surface area contributed by atoms with E-state index in [1.54, 1.807) is 12.3 Å². The van der Waals surface area contributed by atoms with Crippen LogP contribution in [0.2, 0.25) is 0 Å². The van der Waals surface area contributed by atoms with Crippen LogP contribution in [0.1, 0.15) is 21.7 Å². The van der Waals surface area contributed by atoms with Crippen molar-refractivity contribution in [2.24, 2.45) is 0 Å². The Labute approximate surface area is 135 Å². The van der Waals surface area contributed by atoms with Crippen LogP contribution in [0.5, 0.6) is 0 Å². The monoisotopic (exact) mass is 312 g/mol. The summed E-state index contributed by atoms with van der Waals surface area (Å²) in [5, 5.41) is 2.90. The molecule has 23 heavy (non-hydrogen) atoms. The van der Waals surface area contributed by atoms with E-state index in [2.05, 4.69) is 20.2 Å². The van der Waals surface area contributed by atoms with Gasteiger partial charge in [-0.2, -0.15) is 0 Å². The van der Waals surface area contributed by atoms with E-state index in [-0.39, 0.29) is 5.91 Å². The highest BCUT2D eigenvalue weighted by atomic mass is 16.5. The van der Waals surface area contributed by atoms with Crippen LogP contribution in [0.4, 0.5) is 5.82 Å². The van der Waals surface area contributed by atoms with Crippen molar-refractivity contribution < 1.29 is 9.53 Å². The molecule has 3 heterocycles. The second-order valence-corrected chi connectivity index (χ2v) is 5.47. The smallest absolute Gasteiger partial charge is 0.270 e. The fraction of sp³-hybridized carbons (Fsp3) is 0.353. The molecule has 1 fully saturated rings. The molecule has 6 nitrogen and oxygen atoms in total. The Morgan fingerprint density at radius 3 is 2.91 bits per heavy atom. The zero-order chi connectivity index (χ0) is 16.1. The summed E-state index contributed by atoms with van der Waals surface area (Å²) in [6.07, 6.45) is 1.78. The number of anilines is 1. The minimum atomic E-state index is -0.168. The topological polar surface area (TPSA) is 67.4 Å². The van der Waals surface area contributed by atoms with Gasteiger partial charge in [-0.05, 0) is 36.8 Å². The van der Waals surface area contributed by atoms with Crippen molar-refractivity contribution >= 4 is 11.7 Å². The molecule has 0 saturated carbocycles. The van der Waals surface area contributed by atoms with Crippen LogP contribution in [0.3, 0.4) is 0 Å². The van der Waals surface area contributed by atoms with Gasteiger partial charge in [0.2, 0.25) is 0 Å². The minimum absolute atomic E-state index is 0.168. The van der Waals surface area contributed by atoms with E-state index in [0.29, 0.717) is 12.2 Å². The van der Waals surface area contributed by atoms with Gasteiger partial charge in [-0.3, -0.25) is 4.79 Å². The molecule has 0 spiro atoms. The SMILES string of the molecule is Cc1cccc(C(=O)NCc2ccnc(N3CCOCC3)c2)n1. The molecule has 0 bridgehead atoms. The van der Waals surface area contributed by atoms with E-state index in [9.17, 15) is 4.79 Å². The standard InChI is InChI=1S/C17H20N4O2/c1-13-3-2-4-15(20-13)17(22)19-12-14-5-6-18-16(11-14)21-7-9-23-10-8-21/h2-6,11H,7-10,12H2,1H3,(H,19,22). The van der Waals surface area contributed by atoms with Gasteiger partial charge in [0.1, 0.15) is 11.5 Å². The number of hydrogen-bond acceptors (Lipinski definition) is 5. The van der Waals surface area contributed by atoms with Crippen molar-refractivity contribution in [3.8, 4) is 0 Å². The van der Waals surface area contributed by atoms with E-state index in [0.717, 1.165) is 43.4 Å². The maximum absolute atomic E-state index is 12.1. The Bertz CT molecular complexity index is 684. The maximum atomic E-state index is 12.1. The predicted molar refractivity (Wildman–Crippen MR) is 87.4 cm³/mol. The van der Waals surface area contributed by atoms with Gasteiger partial charge >= 0.3 is 0 Å². The van der Waals surface area contributed by atoms with Crippen LogP contribution in [-0.4, -0.2) is 42.2 Å². The highest BCUT2D eigenvalue weighted by Crippen LogP contribution is 2.14. The molecule has 1 amide bonds. The number of pyridine rings is 2. The van der Waals surface area contributed by atoms with Gasteiger partial charge in [0.25, 0.3) is 5.91 Å². The van der Waals surface area contributed by atoms with Crippen molar-refractivity contribution in [2.45, 2.75) is 13.5 Å². The molecule has 1 aliphatic rings. The number of aromatic nitrogens is 2. The number of hydrogen-bond donors (Lipinski definition) is 1. The zero-order valence-electron chi connectivity index (χ0n) is 13.2. The van der Waals surface area contributed by atoms with Gasteiger partial charge in [0.15, 0.2) is 0 Å². The van der Waals surface area contributed by atoms with Crippen LogP contribution in [0.15, 0.2) is 36.5 Å². The zero-order valence-corrected chi connectivity index (χ0v) is 13.2. The number of amides is 1. The number of aryl methyl sites for hydroxylation is 1. The Hall–Kier alpha value is -2.47. The lowest BCUT2D eigenvalue weighted by Crippen LogP contribution is -2.36. The number of nitrogens with zero attached hydrogens (tertiary/aromatic N) is 3. The summed E-state index contributed by atoms with van der Waals surface area (Å²) in [7, 11) is 0. The first-order valence-electron chi connectivity index (χ1n) is 7.72. The summed E-state index contributed by atoms with van der Waals surface area (Å²) in [4.78, 5) is 23.0. The summed E-state index contributed by atoms with van der Waals surface area (Å²) in [6, 6.07) is 9.34. The van der Waals surface area contributed by atoms with Gasteiger partial charge in [0, 0.05) is 31.5 Å². The Kier molecular flexibility index (Phi) is 4.83. The molecular weight excluding hydrogens is 292 g/mol. The highest BCUT2D eigenvalue weighted by molar-refractivity contribution is 5.92. The second-order valence-electron chi connectivity index (χ2n) is 5.47. The molecule has 0 aliphatic carbocycles. The van der Waals surface area contributed by atoms with Crippen LogP contribution >= 0.6 is 0 Å². The van der Waals surface area contributed by atoms with Gasteiger partial charge in [0.05, 0.1) is 13.2 Å². The van der Waals surface area contributed by atoms with Crippen molar-refractivity contribution in [1.29, 1.82) is 0 Å². The van der Waals surface area contributed by atoms with Crippen molar-refractivity contribution in [3.05, 3.63) is 53.5 Å². The summed E-state index contributed by atoms with van der Waals surface area (Å²) < 4.78 is 5.36. The number of ether oxygens (including phenoxy) is 1. The van der Waals surface area contributed by atoms with Crippen LogP contribution in [-0.2, 0) is 11.3 Å². The summed E-state index contributed by atoms with van der Waals surface area (Å²) in [5.41, 5.74) is 2.28. The number of carbonyl (C=O) groups is 1. The fourth-order valence-electron chi connectivity index (χ4n) is 2.48. The van der Waals surface area contributed by atoms with Gasteiger partial charge < -0.3 is 15.0 Å². The van der Waals surface area contributed by atoms with Crippen LogP contribution in [0, 0.1) is 6.92 Å². The predicted octanol–water partition coefficient (Wildman–Crippen LogP) is 1.55. The molecule has 1 aliphatic heterocycles. The molecule has 0 atom stereocenters. The fourth-order valence-corrected chi connectivity index (χ4v) is 2.48. The third-order valence-corrected chi connectivity index (χ3v) is 3.72. The number of rotatable bonds is 4. The lowest BCUT2D eigenvalue weighted by molar-refractivity contribution is 0.0945. The van der Waals surface area contributed by atoms with Gasteiger partial charge in [-0.1, -0.05) is 6.07 Å². The number of morpholine rings is 1. The maximum Gasteiger partial charge on any atom is 0.270 e. The molecule has 0 aromatic carbocycles. The molecule has 0 unspecified atom stereocenters. The van der Waals surface area contributed by atoms with Crippen LogP contribution < -0.4 is 10.2 Å². The molecular formula is C17H20N4O2. The van der Waals surface area contributed by atoms with E-state index in [1.807, 2.05) is 31.2 Å². The highest BCUT2D eigenvalue weighted by Gasteiger charge is 2.13. The van der Waals surface area contributed by atoms with E-state index >= 15 is 0 Å². The quantitative estimate of drug-likeness (QED) is 0.928. The van der Waals surface area contributed by atoms with E-state index in [4.69, 9.17) is 4.74 Å². The molecule has 2 aromatic heterocycles. The normalized spacial score (nSPS) is 14.6. The molecule has 6 heteroatoms. The molecule has 1 N–H and O–H groups in total. The number of carbonyl (C=O) groups excluding carboxylic acids is 1. The first kappa shape index (κ1) is 15.4. The average Bonchev–Trinajstić information content (AvgIpc) is 2.61. The lowest BCUT2D eigenvalue weighted by atomic mass is 10.2. The largest absolute Gasteiger partial charge is 0.378 e. The average molecular weight is 312 g/mol. The Balaban J connectivity index is 1.63. The molecule has 120 valence electrons. The van der Waals surface area contributed by atoms with Crippen molar-refractivity contribution in [3.63, 3.8) is 0 Å².